The number of imide groups is 1. The standard InChI is InChI=1S/C27H25N3O3/c1-33-22-15-13-19(14-16-22)24-23-25(31)30(21-11-6-3-7-12-21)26(32)27(23,20-9-4-2-5-10-20)29-18-8-17-28(24)29/h2-7,9-16,23-24H,8,17-18H2,1H3/t23-,24+,27+/m0/s1. The molecule has 33 heavy (non-hydrogen) atoms. The van der Waals surface area contributed by atoms with Crippen molar-refractivity contribution in [1.29, 1.82) is 0 Å². The molecule has 0 spiro atoms. The second-order valence-corrected chi connectivity index (χ2v) is 8.78. The number of fused-ring (bicyclic) bond motifs is 3. The number of hydrogen-bond donors (Lipinski definition) is 0. The number of anilines is 1. The van der Waals surface area contributed by atoms with Crippen molar-refractivity contribution in [2.24, 2.45) is 5.92 Å². The van der Waals surface area contributed by atoms with Crippen LogP contribution >= 0.6 is 0 Å². The molecule has 0 saturated carbocycles. The van der Waals surface area contributed by atoms with Crippen LogP contribution in [0.2, 0.25) is 0 Å². The van der Waals surface area contributed by atoms with Gasteiger partial charge in [0.15, 0.2) is 5.54 Å². The number of carbonyl (C=O) groups excluding carboxylic acids is 2. The average Bonchev–Trinajstić information content (AvgIpc) is 3.51. The topological polar surface area (TPSA) is 53.1 Å². The summed E-state index contributed by atoms with van der Waals surface area (Å²) in [6, 6.07) is 26.8. The van der Waals surface area contributed by atoms with Gasteiger partial charge in [-0.05, 0) is 41.8 Å². The number of para-hydroxylation sites is 1. The molecular weight excluding hydrogens is 414 g/mol. The zero-order valence-corrected chi connectivity index (χ0v) is 18.4. The van der Waals surface area contributed by atoms with Gasteiger partial charge < -0.3 is 4.74 Å². The number of hydrogen-bond acceptors (Lipinski definition) is 5. The molecule has 3 heterocycles. The lowest BCUT2D eigenvalue weighted by Crippen LogP contribution is -2.52. The van der Waals surface area contributed by atoms with Crippen LogP contribution in [0, 0.1) is 5.92 Å². The lowest BCUT2D eigenvalue weighted by atomic mass is 9.75. The molecule has 3 aliphatic heterocycles. The van der Waals surface area contributed by atoms with E-state index >= 15 is 0 Å². The van der Waals surface area contributed by atoms with Gasteiger partial charge in [0.1, 0.15) is 5.75 Å². The van der Waals surface area contributed by atoms with E-state index in [0.717, 1.165) is 36.4 Å². The van der Waals surface area contributed by atoms with E-state index in [1.54, 1.807) is 7.11 Å². The maximum atomic E-state index is 14.4. The Kier molecular flexibility index (Phi) is 4.60. The van der Waals surface area contributed by atoms with Crippen LogP contribution in [0.5, 0.6) is 5.75 Å². The minimum absolute atomic E-state index is 0.148. The maximum Gasteiger partial charge on any atom is 0.261 e. The second kappa shape index (κ2) is 7.54. The van der Waals surface area contributed by atoms with Crippen LogP contribution in [0.25, 0.3) is 0 Å². The number of nitrogens with zero attached hydrogens (tertiary/aromatic N) is 3. The predicted molar refractivity (Wildman–Crippen MR) is 124 cm³/mol. The molecule has 0 aromatic heterocycles. The molecule has 0 N–H and O–H groups in total. The Morgan fingerprint density at radius 2 is 1.52 bits per heavy atom. The van der Waals surface area contributed by atoms with E-state index in [1.165, 1.54) is 4.90 Å². The summed E-state index contributed by atoms with van der Waals surface area (Å²) in [4.78, 5) is 29.9. The van der Waals surface area contributed by atoms with Gasteiger partial charge in [-0.1, -0.05) is 60.7 Å². The van der Waals surface area contributed by atoms with Crippen LogP contribution in [0.1, 0.15) is 23.6 Å². The summed E-state index contributed by atoms with van der Waals surface area (Å²) < 4.78 is 5.35. The van der Waals surface area contributed by atoms with Gasteiger partial charge in [-0.2, -0.15) is 0 Å². The van der Waals surface area contributed by atoms with Gasteiger partial charge in [-0.25, -0.2) is 14.9 Å². The quantitative estimate of drug-likeness (QED) is 0.580. The molecule has 3 aliphatic rings. The van der Waals surface area contributed by atoms with Crippen LogP contribution in [-0.4, -0.2) is 42.0 Å². The molecule has 0 radical (unpaired) electrons. The minimum Gasteiger partial charge on any atom is -0.497 e. The molecule has 6 heteroatoms. The summed E-state index contributed by atoms with van der Waals surface area (Å²) >= 11 is 0. The molecule has 166 valence electrons. The molecule has 6 rings (SSSR count). The first-order chi connectivity index (χ1) is 16.2. The zero-order valence-electron chi connectivity index (χ0n) is 18.4. The highest BCUT2D eigenvalue weighted by Gasteiger charge is 2.73. The van der Waals surface area contributed by atoms with E-state index < -0.39 is 11.5 Å². The number of benzene rings is 3. The summed E-state index contributed by atoms with van der Waals surface area (Å²) in [5, 5.41) is 4.42. The SMILES string of the molecule is COc1ccc([C@@H]2[C@H]3C(=O)N(c4ccccc4)C(=O)[C@]3(c3ccccc3)N3CCCN23)cc1. The fourth-order valence-corrected chi connectivity index (χ4v) is 5.96. The highest BCUT2D eigenvalue weighted by Crippen LogP contribution is 2.59. The Morgan fingerprint density at radius 3 is 2.18 bits per heavy atom. The van der Waals surface area contributed by atoms with Crippen molar-refractivity contribution in [3.63, 3.8) is 0 Å². The van der Waals surface area contributed by atoms with E-state index in [9.17, 15) is 9.59 Å². The monoisotopic (exact) mass is 439 g/mol. The van der Waals surface area contributed by atoms with Gasteiger partial charge in [-0.15, -0.1) is 0 Å². The van der Waals surface area contributed by atoms with Gasteiger partial charge >= 0.3 is 0 Å². The van der Waals surface area contributed by atoms with Crippen molar-refractivity contribution < 1.29 is 14.3 Å². The first-order valence-electron chi connectivity index (χ1n) is 11.3. The van der Waals surface area contributed by atoms with Crippen molar-refractivity contribution in [3.8, 4) is 5.75 Å². The third kappa shape index (κ3) is 2.68. The third-order valence-corrected chi connectivity index (χ3v) is 7.26. The van der Waals surface area contributed by atoms with Gasteiger partial charge in [0.2, 0.25) is 5.91 Å². The van der Waals surface area contributed by atoms with Crippen molar-refractivity contribution in [2.75, 3.05) is 25.1 Å². The first-order valence-corrected chi connectivity index (χ1v) is 11.3. The Bertz CT molecular complexity index is 1200. The van der Waals surface area contributed by atoms with E-state index in [-0.39, 0.29) is 17.9 Å². The molecular formula is C27H25N3O3. The fourth-order valence-electron chi connectivity index (χ4n) is 5.96. The van der Waals surface area contributed by atoms with Crippen LogP contribution in [-0.2, 0) is 15.1 Å². The van der Waals surface area contributed by atoms with Crippen molar-refractivity contribution in [2.45, 2.75) is 18.0 Å². The second-order valence-electron chi connectivity index (χ2n) is 8.78. The van der Waals surface area contributed by atoms with Crippen LogP contribution < -0.4 is 9.64 Å². The van der Waals surface area contributed by atoms with Gasteiger partial charge in [0.05, 0.1) is 24.8 Å². The number of methoxy groups -OCH3 is 1. The normalized spacial score (nSPS) is 27.1. The molecule has 3 atom stereocenters. The van der Waals surface area contributed by atoms with E-state index in [4.69, 9.17) is 4.74 Å². The molecule has 3 aromatic rings. The van der Waals surface area contributed by atoms with E-state index in [2.05, 4.69) is 10.0 Å². The van der Waals surface area contributed by atoms with Gasteiger partial charge in [0.25, 0.3) is 5.91 Å². The van der Waals surface area contributed by atoms with E-state index in [0.29, 0.717) is 5.69 Å². The molecule has 2 amide bonds. The highest BCUT2D eigenvalue weighted by atomic mass is 16.5. The lowest BCUT2D eigenvalue weighted by molar-refractivity contribution is -0.134. The summed E-state index contributed by atoms with van der Waals surface area (Å²) in [5.74, 6) is -0.103. The lowest BCUT2D eigenvalue weighted by Gasteiger charge is -2.36. The Labute approximate surface area is 192 Å². The van der Waals surface area contributed by atoms with Gasteiger partial charge in [0, 0.05) is 13.1 Å². The predicted octanol–water partition coefficient (Wildman–Crippen LogP) is 3.76. The molecule has 3 fully saturated rings. The molecule has 0 bridgehead atoms. The van der Waals surface area contributed by atoms with Gasteiger partial charge in [-0.3, -0.25) is 9.59 Å². The van der Waals surface area contributed by atoms with Crippen molar-refractivity contribution >= 4 is 17.5 Å². The average molecular weight is 440 g/mol. The Morgan fingerprint density at radius 1 is 0.848 bits per heavy atom. The number of amides is 2. The molecule has 6 nitrogen and oxygen atoms in total. The van der Waals surface area contributed by atoms with Crippen molar-refractivity contribution in [1.82, 2.24) is 10.0 Å². The summed E-state index contributed by atoms with van der Waals surface area (Å²) in [6.45, 7) is 1.55. The Balaban J connectivity index is 1.58. The third-order valence-electron chi connectivity index (χ3n) is 7.26. The number of carbonyl (C=O) groups is 2. The van der Waals surface area contributed by atoms with Crippen LogP contribution in [0.15, 0.2) is 84.9 Å². The maximum absolute atomic E-state index is 14.4. The molecule has 0 unspecified atom stereocenters. The Hall–Kier alpha value is -3.48. The smallest absolute Gasteiger partial charge is 0.261 e. The molecule has 0 aliphatic carbocycles. The van der Waals surface area contributed by atoms with E-state index in [1.807, 2.05) is 84.9 Å². The van der Waals surface area contributed by atoms with Crippen LogP contribution in [0.3, 0.4) is 0 Å². The summed E-state index contributed by atoms with van der Waals surface area (Å²) in [7, 11) is 1.64. The number of hydrazine groups is 1. The van der Waals surface area contributed by atoms with Crippen LogP contribution in [0.4, 0.5) is 5.69 Å². The fraction of sp³-hybridized carbons (Fsp3) is 0.259. The largest absolute Gasteiger partial charge is 0.497 e. The zero-order chi connectivity index (χ0) is 22.6. The minimum atomic E-state index is -1.06. The molecule has 3 saturated heterocycles. The summed E-state index contributed by atoms with van der Waals surface area (Å²) in [5.41, 5.74) is 1.45. The molecule has 3 aromatic carbocycles. The number of rotatable bonds is 4. The highest BCUT2D eigenvalue weighted by molar-refractivity contribution is 6.26. The number of ether oxygens (including phenoxy) is 1. The first kappa shape index (κ1) is 20.1. The van der Waals surface area contributed by atoms with Crippen molar-refractivity contribution in [3.05, 3.63) is 96.1 Å². The summed E-state index contributed by atoms with van der Waals surface area (Å²) in [6.07, 6.45) is 0.945.